The maximum Gasteiger partial charge on any atom is 0.164 e. The van der Waals surface area contributed by atoms with E-state index in [9.17, 15) is 0 Å². The normalized spacial score (nSPS) is 14.3. The molecule has 9 rings (SSSR count). The molecule has 0 N–H and O–H groups in total. The van der Waals surface area contributed by atoms with Crippen molar-refractivity contribution in [2.45, 2.75) is 44.9 Å². The standard InChI is InChI=1S/C50H41N3/c1-49(2)32-50(3,4)44-31-40(29-30-43(44)49)33-21-25-38(26-22-33)47-51-46(37-15-9-6-10-16-37)52-48(53-47)39-27-23-35(24-28-39)42-20-12-18-36-17-11-19-41(45(36)42)34-13-7-5-8-14-34/h5-31H,32H2,1-4H3. The first-order chi connectivity index (χ1) is 25.7. The van der Waals surface area contributed by atoms with Crippen molar-refractivity contribution in [2.75, 3.05) is 0 Å². The molecule has 0 amide bonds. The number of aromatic nitrogens is 3. The molecule has 0 saturated carbocycles. The Morgan fingerprint density at radius 2 is 0.774 bits per heavy atom. The molecule has 0 radical (unpaired) electrons. The van der Waals surface area contributed by atoms with Crippen molar-refractivity contribution in [2.24, 2.45) is 0 Å². The Labute approximate surface area is 312 Å². The summed E-state index contributed by atoms with van der Waals surface area (Å²) >= 11 is 0. The van der Waals surface area contributed by atoms with E-state index in [1.54, 1.807) is 0 Å². The fourth-order valence-corrected chi connectivity index (χ4v) is 8.57. The zero-order valence-electron chi connectivity index (χ0n) is 30.6. The molecule has 8 aromatic rings. The smallest absolute Gasteiger partial charge is 0.164 e. The van der Waals surface area contributed by atoms with Crippen molar-refractivity contribution in [1.29, 1.82) is 0 Å². The number of benzene rings is 7. The molecular weight excluding hydrogens is 643 g/mol. The quantitative estimate of drug-likeness (QED) is 0.175. The topological polar surface area (TPSA) is 38.7 Å². The maximum absolute atomic E-state index is 5.07. The third-order valence-electron chi connectivity index (χ3n) is 10.9. The number of hydrogen-bond acceptors (Lipinski definition) is 3. The van der Waals surface area contributed by atoms with E-state index in [4.69, 9.17) is 15.0 Å². The van der Waals surface area contributed by atoms with Gasteiger partial charge < -0.3 is 0 Å². The van der Waals surface area contributed by atoms with Gasteiger partial charge in [-0.15, -0.1) is 0 Å². The van der Waals surface area contributed by atoms with Crippen LogP contribution in [0.25, 0.3) is 78.3 Å². The molecular formula is C50H41N3. The van der Waals surface area contributed by atoms with Gasteiger partial charge in [0.25, 0.3) is 0 Å². The fourth-order valence-electron chi connectivity index (χ4n) is 8.57. The van der Waals surface area contributed by atoms with Crippen molar-refractivity contribution in [3.8, 4) is 67.5 Å². The number of nitrogens with zero attached hydrogens (tertiary/aromatic N) is 3. The average molecular weight is 684 g/mol. The summed E-state index contributed by atoms with van der Waals surface area (Å²) in [5.74, 6) is 1.96. The Morgan fingerprint density at radius 3 is 1.32 bits per heavy atom. The Hall–Kier alpha value is -6.19. The third kappa shape index (κ3) is 6.02. The molecule has 256 valence electrons. The summed E-state index contributed by atoms with van der Waals surface area (Å²) < 4.78 is 0. The minimum Gasteiger partial charge on any atom is -0.208 e. The van der Waals surface area contributed by atoms with Gasteiger partial charge in [-0.1, -0.05) is 191 Å². The summed E-state index contributed by atoms with van der Waals surface area (Å²) in [5.41, 5.74) is 13.3. The second kappa shape index (κ2) is 12.8. The molecule has 0 spiro atoms. The van der Waals surface area contributed by atoms with Gasteiger partial charge in [-0.3, -0.25) is 0 Å². The number of fused-ring (bicyclic) bond motifs is 2. The molecule has 0 aliphatic heterocycles. The van der Waals surface area contributed by atoms with Gasteiger partial charge in [-0.05, 0) is 72.5 Å². The van der Waals surface area contributed by atoms with Gasteiger partial charge in [0.2, 0.25) is 0 Å². The predicted octanol–water partition coefficient (Wildman–Crippen LogP) is 13.0. The molecule has 0 bridgehead atoms. The Balaban J connectivity index is 1.09. The van der Waals surface area contributed by atoms with Crippen molar-refractivity contribution < 1.29 is 0 Å². The van der Waals surface area contributed by atoms with E-state index in [-0.39, 0.29) is 10.8 Å². The zero-order chi connectivity index (χ0) is 36.2. The van der Waals surface area contributed by atoms with Crippen molar-refractivity contribution in [1.82, 2.24) is 15.0 Å². The van der Waals surface area contributed by atoms with Crippen LogP contribution in [0.15, 0.2) is 164 Å². The first-order valence-electron chi connectivity index (χ1n) is 18.5. The Kier molecular flexibility index (Phi) is 7.89. The summed E-state index contributed by atoms with van der Waals surface area (Å²) in [7, 11) is 0. The van der Waals surface area contributed by atoms with Crippen LogP contribution in [0.5, 0.6) is 0 Å². The van der Waals surface area contributed by atoms with Crippen LogP contribution >= 0.6 is 0 Å². The minimum absolute atomic E-state index is 0.155. The first-order valence-corrected chi connectivity index (χ1v) is 18.5. The highest BCUT2D eigenvalue weighted by atomic mass is 15.0. The predicted molar refractivity (Wildman–Crippen MR) is 221 cm³/mol. The van der Waals surface area contributed by atoms with Gasteiger partial charge in [0.15, 0.2) is 17.5 Å². The fraction of sp³-hybridized carbons (Fsp3) is 0.140. The Bertz CT molecular complexity index is 2600. The SMILES string of the molecule is CC1(C)CC(C)(C)c2cc(-c3ccc(-c4nc(-c5ccccc5)nc(-c5ccc(-c6cccc7cccc(-c8ccccc8)c67)cc5)n4)cc3)ccc21. The maximum atomic E-state index is 5.07. The molecule has 7 aromatic carbocycles. The highest BCUT2D eigenvalue weighted by Crippen LogP contribution is 2.50. The summed E-state index contributed by atoms with van der Waals surface area (Å²) in [6, 6.07) is 58.2. The van der Waals surface area contributed by atoms with E-state index >= 15 is 0 Å². The van der Waals surface area contributed by atoms with Crippen molar-refractivity contribution >= 4 is 10.8 Å². The molecule has 1 heterocycles. The molecule has 1 aromatic heterocycles. The molecule has 1 aliphatic rings. The highest BCUT2D eigenvalue weighted by Gasteiger charge is 2.41. The lowest BCUT2D eigenvalue weighted by atomic mass is 9.82. The molecule has 3 nitrogen and oxygen atoms in total. The van der Waals surface area contributed by atoms with Gasteiger partial charge in [-0.25, -0.2) is 15.0 Å². The van der Waals surface area contributed by atoms with Crippen LogP contribution in [0.4, 0.5) is 0 Å². The lowest BCUT2D eigenvalue weighted by Gasteiger charge is -2.22. The largest absolute Gasteiger partial charge is 0.208 e. The lowest BCUT2D eigenvalue weighted by molar-refractivity contribution is 0.403. The summed E-state index contributed by atoms with van der Waals surface area (Å²) in [6.07, 6.45) is 1.16. The molecule has 0 atom stereocenters. The Morgan fingerprint density at radius 1 is 0.358 bits per heavy atom. The summed E-state index contributed by atoms with van der Waals surface area (Å²) in [5, 5.41) is 2.47. The van der Waals surface area contributed by atoms with E-state index in [1.807, 2.05) is 18.2 Å². The van der Waals surface area contributed by atoms with E-state index in [0.717, 1.165) is 28.7 Å². The molecule has 3 heteroatoms. The van der Waals surface area contributed by atoms with E-state index in [0.29, 0.717) is 17.5 Å². The second-order valence-corrected chi connectivity index (χ2v) is 15.6. The van der Waals surface area contributed by atoms with Gasteiger partial charge in [0.05, 0.1) is 0 Å². The first kappa shape index (κ1) is 32.7. The zero-order valence-corrected chi connectivity index (χ0v) is 30.6. The van der Waals surface area contributed by atoms with Crippen LogP contribution in [0.3, 0.4) is 0 Å². The van der Waals surface area contributed by atoms with Crippen LogP contribution in [0.2, 0.25) is 0 Å². The third-order valence-corrected chi connectivity index (χ3v) is 10.9. The molecule has 0 fully saturated rings. The second-order valence-electron chi connectivity index (χ2n) is 15.6. The number of rotatable bonds is 6. The van der Waals surface area contributed by atoms with Gasteiger partial charge in [-0.2, -0.15) is 0 Å². The minimum atomic E-state index is 0.155. The molecule has 0 unspecified atom stereocenters. The molecule has 53 heavy (non-hydrogen) atoms. The van der Waals surface area contributed by atoms with E-state index in [2.05, 4.69) is 173 Å². The van der Waals surface area contributed by atoms with Gasteiger partial charge in [0, 0.05) is 16.7 Å². The van der Waals surface area contributed by atoms with Crippen LogP contribution in [0, 0.1) is 0 Å². The van der Waals surface area contributed by atoms with Gasteiger partial charge >= 0.3 is 0 Å². The highest BCUT2D eigenvalue weighted by molar-refractivity contribution is 6.06. The van der Waals surface area contributed by atoms with Crippen LogP contribution < -0.4 is 0 Å². The summed E-state index contributed by atoms with van der Waals surface area (Å²) in [4.78, 5) is 15.1. The number of hydrogen-bond donors (Lipinski definition) is 0. The van der Waals surface area contributed by atoms with Crippen LogP contribution in [0.1, 0.15) is 45.2 Å². The van der Waals surface area contributed by atoms with E-state index in [1.165, 1.54) is 49.7 Å². The monoisotopic (exact) mass is 683 g/mol. The lowest BCUT2D eigenvalue weighted by Crippen LogP contribution is -2.17. The van der Waals surface area contributed by atoms with Crippen LogP contribution in [-0.4, -0.2) is 15.0 Å². The van der Waals surface area contributed by atoms with Crippen LogP contribution in [-0.2, 0) is 10.8 Å². The summed E-state index contributed by atoms with van der Waals surface area (Å²) in [6.45, 7) is 9.47. The average Bonchev–Trinajstić information content (AvgIpc) is 3.39. The van der Waals surface area contributed by atoms with E-state index < -0.39 is 0 Å². The van der Waals surface area contributed by atoms with Gasteiger partial charge in [0.1, 0.15) is 0 Å². The van der Waals surface area contributed by atoms with Crippen molar-refractivity contribution in [3.05, 3.63) is 175 Å². The molecule has 0 saturated heterocycles. The van der Waals surface area contributed by atoms with Crippen molar-refractivity contribution in [3.63, 3.8) is 0 Å². The molecule has 1 aliphatic carbocycles.